The van der Waals surface area contributed by atoms with Crippen LogP contribution in [0.4, 0.5) is 5.69 Å². The Balaban J connectivity index is 1.52. The highest BCUT2D eigenvalue weighted by molar-refractivity contribution is 7.80. The molecular weight excluding hydrogens is 417 g/mol. The van der Waals surface area contributed by atoms with Gasteiger partial charge in [-0.25, -0.2) is 0 Å². The van der Waals surface area contributed by atoms with Crippen molar-refractivity contribution in [2.45, 2.75) is 38.2 Å². The number of benzene rings is 1. The fourth-order valence-electron chi connectivity index (χ4n) is 3.16. The van der Waals surface area contributed by atoms with Crippen LogP contribution in [0.15, 0.2) is 30.6 Å². The molecule has 0 saturated heterocycles. The highest BCUT2D eigenvalue weighted by Gasteiger charge is 2.18. The van der Waals surface area contributed by atoms with Crippen LogP contribution in [0.3, 0.4) is 0 Å². The van der Waals surface area contributed by atoms with Crippen molar-refractivity contribution in [3.63, 3.8) is 0 Å². The number of anilines is 1. The van der Waals surface area contributed by atoms with Gasteiger partial charge in [0.25, 0.3) is 0 Å². The van der Waals surface area contributed by atoms with Gasteiger partial charge in [0.1, 0.15) is 0 Å². The lowest BCUT2D eigenvalue weighted by molar-refractivity contribution is 0.200. The highest BCUT2D eigenvalue weighted by atomic mass is 35.5. The van der Waals surface area contributed by atoms with Crippen molar-refractivity contribution in [3.8, 4) is 11.5 Å². The van der Waals surface area contributed by atoms with Crippen LogP contribution in [0.2, 0.25) is 10.0 Å². The minimum absolute atomic E-state index is 0.302. The first kappa shape index (κ1) is 21.0. The average Bonchev–Trinajstić information content (AvgIpc) is 3.19. The molecule has 1 fully saturated rings. The number of methoxy groups -OCH3 is 1. The minimum atomic E-state index is 0.302. The summed E-state index contributed by atoms with van der Waals surface area (Å²) in [6.45, 7) is 0.651. The van der Waals surface area contributed by atoms with E-state index in [1.807, 2.05) is 12.1 Å². The molecule has 0 radical (unpaired) electrons. The summed E-state index contributed by atoms with van der Waals surface area (Å²) < 4.78 is 11.6. The topological polar surface area (TPSA) is 55.4 Å². The molecule has 28 heavy (non-hydrogen) atoms. The SMILES string of the molecule is COc1cc(CCNC(=S)Nc2c(Cl)cncc2Cl)ccc1OC1CCCC1. The number of halogens is 2. The zero-order valence-corrected chi connectivity index (χ0v) is 18.0. The number of rotatable bonds is 7. The number of pyridine rings is 1. The molecule has 2 N–H and O–H groups in total. The molecule has 1 aliphatic rings. The molecule has 0 atom stereocenters. The normalized spacial score (nSPS) is 14.0. The first-order chi connectivity index (χ1) is 13.6. The summed E-state index contributed by atoms with van der Waals surface area (Å²) in [5.41, 5.74) is 1.68. The molecule has 0 bridgehead atoms. The van der Waals surface area contributed by atoms with Gasteiger partial charge in [0.2, 0.25) is 0 Å². The molecule has 1 heterocycles. The maximum Gasteiger partial charge on any atom is 0.170 e. The maximum atomic E-state index is 6.09. The molecule has 0 spiro atoms. The van der Waals surface area contributed by atoms with Crippen molar-refractivity contribution in [2.24, 2.45) is 0 Å². The molecule has 1 aromatic heterocycles. The lowest BCUT2D eigenvalue weighted by Gasteiger charge is -2.17. The summed E-state index contributed by atoms with van der Waals surface area (Å²) >= 11 is 17.5. The van der Waals surface area contributed by atoms with E-state index in [1.54, 1.807) is 7.11 Å². The van der Waals surface area contributed by atoms with Crippen molar-refractivity contribution < 1.29 is 9.47 Å². The Morgan fingerprint density at radius 3 is 2.57 bits per heavy atom. The van der Waals surface area contributed by atoms with Gasteiger partial charge in [-0.1, -0.05) is 29.3 Å². The Kier molecular flexibility index (Phi) is 7.59. The highest BCUT2D eigenvalue weighted by Crippen LogP contribution is 2.32. The predicted molar refractivity (Wildman–Crippen MR) is 118 cm³/mol. The van der Waals surface area contributed by atoms with Gasteiger partial charge in [-0.2, -0.15) is 0 Å². The van der Waals surface area contributed by atoms with Crippen LogP contribution in [0.25, 0.3) is 0 Å². The van der Waals surface area contributed by atoms with E-state index in [2.05, 4.69) is 21.7 Å². The molecule has 0 unspecified atom stereocenters. The molecule has 150 valence electrons. The Bertz CT molecular complexity index is 809. The van der Waals surface area contributed by atoms with Gasteiger partial charge in [-0.05, 0) is 62.0 Å². The smallest absolute Gasteiger partial charge is 0.170 e. The summed E-state index contributed by atoms with van der Waals surface area (Å²) in [7, 11) is 1.67. The molecule has 0 aliphatic heterocycles. The van der Waals surface area contributed by atoms with E-state index >= 15 is 0 Å². The summed E-state index contributed by atoms with van der Waals surface area (Å²) in [4.78, 5) is 3.92. The summed E-state index contributed by atoms with van der Waals surface area (Å²) in [5.74, 6) is 1.57. The van der Waals surface area contributed by atoms with E-state index < -0.39 is 0 Å². The molecule has 1 aromatic carbocycles. The van der Waals surface area contributed by atoms with Crippen LogP contribution in [0, 0.1) is 0 Å². The molecule has 3 rings (SSSR count). The number of aromatic nitrogens is 1. The summed E-state index contributed by atoms with van der Waals surface area (Å²) in [6, 6.07) is 6.06. The van der Waals surface area contributed by atoms with Crippen LogP contribution < -0.4 is 20.1 Å². The quantitative estimate of drug-likeness (QED) is 0.574. The molecule has 8 heteroatoms. The van der Waals surface area contributed by atoms with Crippen molar-refractivity contribution in [1.82, 2.24) is 10.3 Å². The Hall–Kier alpha value is -1.76. The predicted octanol–water partition coefficient (Wildman–Crippen LogP) is 5.25. The number of thiocarbonyl (C=S) groups is 1. The fraction of sp³-hybridized carbons (Fsp3) is 0.400. The molecule has 0 amide bonds. The zero-order valence-electron chi connectivity index (χ0n) is 15.6. The Morgan fingerprint density at radius 2 is 1.89 bits per heavy atom. The number of ether oxygens (including phenoxy) is 2. The molecule has 5 nitrogen and oxygen atoms in total. The van der Waals surface area contributed by atoms with Crippen LogP contribution >= 0.6 is 35.4 Å². The van der Waals surface area contributed by atoms with Crippen molar-refractivity contribution in [3.05, 3.63) is 46.2 Å². The molecule has 1 aliphatic carbocycles. The fourth-order valence-corrected chi connectivity index (χ4v) is 3.82. The average molecular weight is 440 g/mol. The first-order valence-corrected chi connectivity index (χ1v) is 10.4. The minimum Gasteiger partial charge on any atom is -0.493 e. The second-order valence-corrected chi connectivity index (χ2v) is 7.84. The summed E-state index contributed by atoms with van der Waals surface area (Å²) in [6.07, 6.45) is 8.81. The third-order valence-electron chi connectivity index (χ3n) is 4.62. The molecule has 1 saturated carbocycles. The van der Waals surface area contributed by atoms with Crippen molar-refractivity contribution in [2.75, 3.05) is 19.0 Å². The van der Waals surface area contributed by atoms with Crippen molar-refractivity contribution in [1.29, 1.82) is 0 Å². The second-order valence-electron chi connectivity index (χ2n) is 6.62. The number of nitrogens with one attached hydrogen (secondary N) is 2. The van der Waals surface area contributed by atoms with Gasteiger partial charge in [0, 0.05) is 18.9 Å². The molecular formula is C20H23Cl2N3O2S. The number of nitrogens with zero attached hydrogens (tertiary/aromatic N) is 1. The maximum absolute atomic E-state index is 6.09. The van der Waals surface area contributed by atoms with Crippen molar-refractivity contribution >= 4 is 46.2 Å². The van der Waals surface area contributed by atoms with E-state index in [0.717, 1.165) is 36.3 Å². The standard InChI is InChI=1S/C20H23Cl2N3O2S/c1-26-18-10-13(6-7-17(18)27-14-4-2-3-5-14)8-9-24-20(28)25-19-15(21)11-23-12-16(19)22/h6-7,10-12,14H,2-5,8-9H2,1H3,(H2,23,24,25,28). The Morgan fingerprint density at radius 1 is 1.18 bits per heavy atom. The summed E-state index contributed by atoms with van der Waals surface area (Å²) in [5, 5.41) is 7.44. The van der Waals surface area contributed by atoms with Crippen LogP contribution in [-0.2, 0) is 6.42 Å². The van der Waals surface area contributed by atoms with E-state index in [-0.39, 0.29) is 0 Å². The number of hydrogen-bond acceptors (Lipinski definition) is 4. The largest absolute Gasteiger partial charge is 0.493 e. The second kappa shape index (κ2) is 10.1. The van der Waals surface area contributed by atoms with Crippen LogP contribution in [-0.4, -0.2) is 29.9 Å². The molecule has 2 aromatic rings. The van der Waals surface area contributed by atoms with Gasteiger partial charge < -0.3 is 20.1 Å². The lowest BCUT2D eigenvalue weighted by atomic mass is 10.1. The lowest BCUT2D eigenvalue weighted by Crippen LogP contribution is -2.30. The third kappa shape index (κ3) is 5.63. The van der Waals surface area contributed by atoms with E-state index in [9.17, 15) is 0 Å². The zero-order chi connectivity index (χ0) is 19.9. The Labute approximate surface area is 180 Å². The number of hydrogen-bond donors (Lipinski definition) is 2. The van der Waals surface area contributed by atoms with E-state index in [1.165, 1.54) is 25.2 Å². The van der Waals surface area contributed by atoms with Gasteiger partial charge in [0.05, 0.1) is 28.9 Å². The van der Waals surface area contributed by atoms with Crippen LogP contribution in [0.1, 0.15) is 31.2 Å². The third-order valence-corrected chi connectivity index (χ3v) is 5.43. The monoisotopic (exact) mass is 439 g/mol. The van der Waals surface area contributed by atoms with Gasteiger partial charge in [-0.15, -0.1) is 0 Å². The van der Waals surface area contributed by atoms with E-state index in [0.29, 0.717) is 33.5 Å². The van der Waals surface area contributed by atoms with Crippen LogP contribution in [0.5, 0.6) is 11.5 Å². The van der Waals surface area contributed by atoms with Gasteiger partial charge in [-0.3, -0.25) is 4.98 Å². The van der Waals surface area contributed by atoms with Gasteiger partial charge in [0.15, 0.2) is 16.6 Å². The van der Waals surface area contributed by atoms with E-state index in [4.69, 9.17) is 44.9 Å². The first-order valence-electron chi connectivity index (χ1n) is 9.24. The van der Waals surface area contributed by atoms with Gasteiger partial charge >= 0.3 is 0 Å².